The molecule has 0 atom stereocenters. The molecule has 1 aliphatic carbocycles. The Bertz CT molecular complexity index is 750. The van der Waals surface area contributed by atoms with E-state index in [1.807, 2.05) is 12.1 Å². The van der Waals surface area contributed by atoms with Crippen LogP contribution in [0.2, 0.25) is 0 Å². The third kappa shape index (κ3) is 3.82. The van der Waals surface area contributed by atoms with Gasteiger partial charge in [0.2, 0.25) is 0 Å². The topological polar surface area (TPSA) is 0 Å². The van der Waals surface area contributed by atoms with Crippen molar-refractivity contribution in [3.8, 4) is 11.8 Å². The largest absolute Gasteiger partial charge is 0.204 e. The molecule has 0 amide bonds. The Kier molecular flexibility index (Phi) is 4.94. The van der Waals surface area contributed by atoms with Gasteiger partial charge in [-0.3, -0.25) is 0 Å². The highest BCUT2D eigenvalue weighted by Crippen LogP contribution is 2.35. The predicted molar refractivity (Wildman–Crippen MR) is 89.1 cm³/mol. The SMILES string of the molecule is CC1CCC(c2ccc(C#Cc3cc(F)c(F)c(F)c3)cc2)CC1. The Hall–Kier alpha value is -2.21. The van der Waals surface area contributed by atoms with E-state index < -0.39 is 17.5 Å². The standard InChI is InChI=1S/C21H19F3/c1-14-2-8-17(9-3-14)18-10-6-15(7-11-18)4-5-16-12-19(22)21(24)20(23)13-16/h6-7,10-14,17H,2-3,8-9H2,1H3. The Morgan fingerprint density at radius 3 is 1.92 bits per heavy atom. The maximum atomic E-state index is 13.2. The van der Waals surface area contributed by atoms with Gasteiger partial charge >= 0.3 is 0 Å². The van der Waals surface area contributed by atoms with Gasteiger partial charge in [0.25, 0.3) is 0 Å². The van der Waals surface area contributed by atoms with Gasteiger partial charge in [0.15, 0.2) is 17.5 Å². The van der Waals surface area contributed by atoms with Crippen LogP contribution in [0.25, 0.3) is 0 Å². The van der Waals surface area contributed by atoms with E-state index in [1.165, 1.54) is 31.2 Å². The molecule has 3 rings (SSSR count). The average molecular weight is 328 g/mol. The lowest BCUT2D eigenvalue weighted by Gasteiger charge is -2.26. The van der Waals surface area contributed by atoms with Gasteiger partial charge in [0.1, 0.15) is 0 Å². The minimum absolute atomic E-state index is 0.122. The zero-order chi connectivity index (χ0) is 17.1. The molecule has 0 aromatic heterocycles. The maximum Gasteiger partial charge on any atom is 0.194 e. The first-order chi connectivity index (χ1) is 11.5. The van der Waals surface area contributed by atoms with Gasteiger partial charge in [-0.15, -0.1) is 0 Å². The van der Waals surface area contributed by atoms with E-state index in [9.17, 15) is 13.2 Å². The molecule has 3 heteroatoms. The van der Waals surface area contributed by atoms with Gasteiger partial charge in [0.05, 0.1) is 0 Å². The zero-order valence-corrected chi connectivity index (χ0v) is 13.6. The lowest BCUT2D eigenvalue weighted by molar-refractivity contribution is 0.348. The second kappa shape index (κ2) is 7.13. The molecule has 0 saturated heterocycles. The highest BCUT2D eigenvalue weighted by Gasteiger charge is 2.19. The monoisotopic (exact) mass is 328 g/mol. The van der Waals surface area contributed by atoms with Crippen molar-refractivity contribution < 1.29 is 13.2 Å². The molecule has 0 heterocycles. The Balaban J connectivity index is 1.73. The first kappa shape index (κ1) is 16.6. The Morgan fingerprint density at radius 1 is 0.792 bits per heavy atom. The summed E-state index contributed by atoms with van der Waals surface area (Å²) in [6.45, 7) is 2.30. The maximum absolute atomic E-state index is 13.2. The summed E-state index contributed by atoms with van der Waals surface area (Å²) in [6, 6.07) is 9.83. The summed E-state index contributed by atoms with van der Waals surface area (Å²) in [6.07, 6.45) is 4.99. The van der Waals surface area contributed by atoms with Gasteiger partial charge < -0.3 is 0 Å². The summed E-state index contributed by atoms with van der Waals surface area (Å²) < 4.78 is 39.3. The molecule has 2 aromatic carbocycles. The van der Waals surface area contributed by atoms with Crippen molar-refractivity contribution >= 4 is 0 Å². The van der Waals surface area contributed by atoms with Crippen LogP contribution in [-0.2, 0) is 0 Å². The second-order valence-corrected chi connectivity index (χ2v) is 6.58. The fourth-order valence-electron chi connectivity index (χ4n) is 3.20. The van der Waals surface area contributed by atoms with Crippen LogP contribution in [0.15, 0.2) is 36.4 Å². The molecule has 0 N–H and O–H groups in total. The van der Waals surface area contributed by atoms with E-state index >= 15 is 0 Å². The number of hydrogen-bond donors (Lipinski definition) is 0. The molecule has 0 radical (unpaired) electrons. The predicted octanol–water partition coefficient (Wildman–Crippen LogP) is 5.80. The van der Waals surface area contributed by atoms with E-state index in [0.29, 0.717) is 5.92 Å². The molecular formula is C21H19F3. The quantitative estimate of drug-likeness (QED) is 0.458. The van der Waals surface area contributed by atoms with Crippen molar-refractivity contribution in [3.63, 3.8) is 0 Å². The van der Waals surface area contributed by atoms with E-state index in [0.717, 1.165) is 23.6 Å². The normalized spacial score (nSPS) is 20.3. The van der Waals surface area contributed by atoms with Crippen LogP contribution < -0.4 is 0 Å². The summed E-state index contributed by atoms with van der Waals surface area (Å²) in [4.78, 5) is 0. The van der Waals surface area contributed by atoms with Crippen LogP contribution in [0, 0.1) is 35.2 Å². The van der Waals surface area contributed by atoms with Crippen LogP contribution in [0.5, 0.6) is 0 Å². The van der Waals surface area contributed by atoms with Gasteiger partial charge in [-0.05, 0) is 54.5 Å². The summed E-state index contributed by atoms with van der Waals surface area (Å²) in [5.41, 5.74) is 2.22. The molecule has 24 heavy (non-hydrogen) atoms. The third-order valence-corrected chi connectivity index (χ3v) is 4.73. The summed E-state index contributed by atoms with van der Waals surface area (Å²) in [5.74, 6) is 3.07. The second-order valence-electron chi connectivity index (χ2n) is 6.58. The summed E-state index contributed by atoms with van der Waals surface area (Å²) >= 11 is 0. The van der Waals surface area contributed by atoms with Gasteiger partial charge in [-0.1, -0.05) is 43.7 Å². The zero-order valence-electron chi connectivity index (χ0n) is 13.6. The lowest BCUT2D eigenvalue weighted by Crippen LogP contribution is -2.10. The van der Waals surface area contributed by atoms with Crippen molar-refractivity contribution in [1.82, 2.24) is 0 Å². The minimum Gasteiger partial charge on any atom is -0.204 e. The first-order valence-corrected chi connectivity index (χ1v) is 8.29. The smallest absolute Gasteiger partial charge is 0.194 e. The summed E-state index contributed by atoms with van der Waals surface area (Å²) in [7, 11) is 0. The number of hydrogen-bond acceptors (Lipinski definition) is 0. The molecule has 0 aliphatic heterocycles. The first-order valence-electron chi connectivity index (χ1n) is 8.29. The van der Waals surface area contributed by atoms with E-state index in [4.69, 9.17) is 0 Å². The van der Waals surface area contributed by atoms with Gasteiger partial charge in [-0.2, -0.15) is 0 Å². The van der Waals surface area contributed by atoms with Gasteiger partial charge in [-0.25, -0.2) is 13.2 Å². The van der Waals surface area contributed by atoms with Crippen molar-refractivity contribution in [1.29, 1.82) is 0 Å². The van der Waals surface area contributed by atoms with E-state index in [2.05, 4.69) is 30.9 Å². The fourth-order valence-corrected chi connectivity index (χ4v) is 3.20. The lowest BCUT2D eigenvalue weighted by atomic mass is 9.79. The van der Waals surface area contributed by atoms with Crippen LogP contribution in [-0.4, -0.2) is 0 Å². The molecule has 1 fully saturated rings. The highest BCUT2D eigenvalue weighted by molar-refractivity contribution is 5.44. The molecule has 0 nitrogen and oxygen atoms in total. The van der Waals surface area contributed by atoms with E-state index in [1.54, 1.807) is 0 Å². The molecule has 0 bridgehead atoms. The van der Waals surface area contributed by atoms with Crippen molar-refractivity contribution in [2.75, 3.05) is 0 Å². The third-order valence-electron chi connectivity index (χ3n) is 4.73. The molecule has 2 aromatic rings. The molecule has 1 saturated carbocycles. The van der Waals surface area contributed by atoms with Crippen molar-refractivity contribution in [2.45, 2.75) is 38.5 Å². The van der Waals surface area contributed by atoms with Crippen LogP contribution in [0.1, 0.15) is 55.2 Å². The van der Waals surface area contributed by atoms with E-state index in [-0.39, 0.29) is 5.56 Å². The van der Waals surface area contributed by atoms with Crippen molar-refractivity contribution in [3.05, 3.63) is 70.5 Å². The number of rotatable bonds is 1. The summed E-state index contributed by atoms with van der Waals surface area (Å²) in [5, 5.41) is 0. The fraction of sp³-hybridized carbons (Fsp3) is 0.333. The molecule has 0 spiro atoms. The van der Waals surface area contributed by atoms with Crippen LogP contribution in [0.3, 0.4) is 0 Å². The molecule has 124 valence electrons. The highest BCUT2D eigenvalue weighted by atomic mass is 19.2. The van der Waals surface area contributed by atoms with Crippen LogP contribution >= 0.6 is 0 Å². The van der Waals surface area contributed by atoms with Crippen LogP contribution in [0.4, 0.5) is 13.2 Å². The molecular weight excluding hydrogens is 309 g/mol. The molecule has 1 aliphatic rings. The average Bonchev–Trinajstić information content (AvgIpc) is 2.59. The van der Waals surface area contributed by atoms with Crippen molar-refractivity contribution in [2.24, 2.45) is 5.92 Å². The van der Waals surface area contributed by atoms with Gasteiger partial charge in [0, 0.05) is 11.1 Å². The number of halogens is 3. The molecule has 0 unspecified atom stereocenters. The Morgan fingerprint density at radius 2 is 1.33 bits per heavy atom. The Labute approximate surface area is 140 Å². The minimum atomic E-state index is -1.47. The number of benzene rings is 2.